The number of hydrogen-bond acceptors (Lipinski definition) is 8. The molecule has 224 valence electrons. The van der Waals surface area contributed by atoms with Crippen molar-refractivity contribution in [1.29, 1.82) is 0 Å². The Morgan fingerprint density at radius 1 is 0.976 bits per heavy atom. The van der Waals surface area contributed by atoms with Crippen molar-refractivity contribution in [3.05, 3.63) is 36.2 Å². The van der Waals surface area contributed by atoms with Crippen LogP contribution in [0, 0.1) is 0 Å². The van der Waals surface area contributed by atoms with Crippen molar-refractivity contribution >= 4 is 35.2 Å². The average Bonchev–Trinajstić information content (AvgIpc) is 3.65. The Morgan fingerprint density at radius 2 is 1.73 bits per heavy atom. The molecule has 1 aromatic carbocycles. The van der Waals surface area contributed by atoms with E-state index in [-0.39, 0.29) is 24.3 Å². The van der Waals surface area contributed by atoms with Gasteiger partial charge in [-0.1, -0.05) is 12.1 Å². The first-order valence-corrected chi connectivity index (χ1v) is 14.7. The number of likely N-dealkylation sites (tertiary alicyclic amines) is 1. The number of nitrogens with zero attached hydrogens (tertiary/aromatic N) is 6. The van der Waals surface area contributed by atoms with E-state index in [1.54, 1.807) is 24.3 Å². The minimum atomic E-state index is -2.74. The summed E-state index contributed by atoms with van der Waals surface area (Å²) in [6.45, 7) is 6.87. The largest absolute Gasteiger partial charge is 0.378 e. The second-order valence-corrected chi connectivity index (χ2v) is 11.0. The molecule has 0 unspecified atom stereocenters. The van der Waals surface area contributed by atoms with Crippen LogP contribution in [0.15, 0.2) is 30.3 Å². The third-order valence-corrected chi connectivity index (χ3v) is 8.20. The third-order valence-electron chi connectivity index (χ3n) is 8.20. The van der Waals surface area contributed by atoms with Gasteiger partial charge in [0, 0.05) is 38.3 Å². The summed E-state index contributed by atoms with van der Waals surface area (Å²) in [7, 11) is 0. The molecule has 9 nitrogen and oxygen atoms in total. The number of morpholine rings is 1. The highest BCUT2D eigenvalue weighted by Gasteiger charge is 2.26. The summed E-state index contributed by atoms with van der Waals surface area (Å²) in [5.74, 6) is 1.22. The average molecular weight is 592 g/mol. The maximum atomic E-state index is 14.1. The summed E-state index contributed by atoms with van der Waals surface area (Å²) in [6, 6.07) is 9.17. The normalized spacial score (nSPS) is 21.9. The van der Waals surface area contributed by atoms with E-state index >= 15 is 0 Å². The number of nitrogens with one attached hydrogen (secondary N) is 1. The van der Waals surface area contributed by atoms with E-state index in [1.165, 1.54) is 30.5 Å². The lowest BCUT2D eigenvalue weighted by molar-refractivity contribution is 0.0223. The van der Waals surface area contributed by atoms with Crippen LogP contribution >= 0.6 is 12.4 Å². The van der Waals surface area contributed by atoms with Crippen LogP contribution < -0.4 is 10.2 Å². The topological polar surface area (TPSA) is 80.6 Å². The molecule has 2 aliphatic heterocycles. The van der Waals surface area contributed by atoms with E-state index in [0.29, 0.717) is 61.0 Å². The molecule has 2 aromatic heterocycles. The van der Waals surface area contributed by atoms with Crippen LogP contribution in [-0.2, 0) is 9.47 Å². The van der Waals surface area contributed by atoms with Crippen LogP contribution in [0.5, 0.6) is 0 Å². The zero-order chi connectivity index (χ0) is 27.3. The van der Waals surface area contributed by atoms with Gasteiger partial charge in [0.15, 0.2) is 5.82 Å². The Hall–Kier alpha value is -2.60. The molecule has 6 rings (SSSR count). The summed E-state index contributed by atoms with van der Waals surface area (Å²) in [6.07, 6.45) is 5.24. The van der Waals surface area contributed by atoms with Gasteiger partial charge in [-0.05, 0) is 70.2 Å². The van der Waals surface area contributed by atoms with E-state index < -0.39 is 6.43 Å². The van der Waals surface area contributed by atoms with E-state index in [0.717, 1.165) is 45.3 Å². The zero-order valence-electron chi connectivity index (χ0n) is 23.4. The van der Waals surface area contributed by atoms with Gasteiger partial charge in [-0.3, -0.25) is 4.57 Å². The van der Waals surface area contributed by atoms with E-state index in [2.05, 4.69) is 15.2 Å². The summed E-state index contributed by atoms with van der Waals surface area (Å²) in [4.78, 5) is 18.4. The van der Waals surface area contributed by atoms with Crippen LogP contribution in [0.3, 0.4) is 0 Å². The second kappa shape index (κ2) is 14.0. The predicted octanol–water partition coefficient (Wildman–Crippen LogP) is 5.24. The molecule has 41 heavy (non-hydrogen) atoms. The Labute approximate surface area is 246 Å². The highest BCUT2D eigenvalue weighted by Crippen LogP contribution is 2.30. The Balaban J connectivity index is 0.00000337. The van der Waals surface area contributed by atoms with Crippen LogP contribution in [0.1, 0.15) is 57.2 Å². The second-order valence-electron chi connectivity index (χ2n) is 11.0. The lowest BCUT2D eigenvalue weighted by atomic mass is 9.93. The molecule has 3 aliphatic rings. The van der Waals surface area contributed by atoms with Gasteiger partial charge in [0.05, 0.1) is 30.4 Å². The molecule has 0 atom stereocenters. The first-order chi connectivity index (χ1) is 19.6. The fraction of sp³-hybridized carbons (Fsp3) is 0.621. The van der Waals surface area contributed by atoms with Crippen molar-refractivity contribution in [2.24, 2.45) is 0 Å². The summed E-state index contributed by atoms with van der Waals surface area (Å²) >= 11 is 0. The number of ether oxygens (including phenoxy) is 2. The fourth-order valence-corrected chi connectivity index (χ4v) is 6.07. The molecule has 0 radical (unpaired) electrons. The van der Waals surface area contributed by atoms with Gasteiger partial charge in [0.25, 0.3) is 6.43 Å². The van der Waals surface area contributed by atoms with E-state index in [4.69, 9.17) is 19.4 Å². The molecule has 0 spiro atoms. The molecule has 3 aromatic rings. The Kier molecular flexibility index (Phi) is 10.2. The van der Waals surface area contributed by atoms with Gasteiger partial charge >= 0.3 is 0 Å². The maximum absolute atomic E-state index is 14.1. The van der Waals surface area contributed by atoms with Crippen LogP contribution in [0.25, 0.3) is 16.9 Å². The van der Waals surface area contributed by atoms with Crippen molar-refractivity contribution in [2.75, 3.05) is 62.8 Å². The third kappa shape index (κ3) is 7.25. The SMILES string of the molecule is Cl.FC(F)c1nc2ccccc2n1-c1cc(NC2CCC(OCCCN3CCCC3)CC2)nc(N2CCOCC2)n1. The lowest BCUT2D eigenvalue weighted by Gasteiger charge is -2.31. The number of fused-ring (bicyclic) bond motifs is 1. The van der Waals surface area contributed by atoms with Gasteiger partial charge in [0.2, 0.25) is 5.95 Å². The first kappa shape index (κ1) is 29.9. The van der Waals surface area contributed by atoms with Crippen LogP contribution in [-0.4, -0.2) is 89.1 Å². The van der Waals surface area contributed by atoms with Crippen LogP contribution in [0.2, 0.25) is 0 Å². The quantitative estimate of drug-likeness (QED) is 0.321. The number of para-hydroxylation sites is 2. The zero-order valence-corrected chi connectivity index (χ0v) is 24.2. The number of rotatable bonds is 10. The van der Waals surface area contributed by atoms with Gasteiger partial charge in [-0.15, -0.1) is 12.4 Å². The highest BCUT2D eigenvalue weighted by molar-refractivity contribution is 5.85. The molecular formula is C29H40ClF2N7O2. The van der Waals surface area contributed by atoms with Crippen molar-refractivity contribution in [3.8, 4) is 5.82 Å². The molecule has 2 saturated heterocycles. The minimum absolute atomic E-state index is 0. The van der Waals surface area contributed by atoms with Crippen molar-refractivity contribution < 1.29 is 18.3 Å². The van der Waals surface area contributed by atoms with Gasteiger partial charge < -0.3 is 24.6 Å². The van der Waals surface area contributed by atoms with Crippen molar-refractivity contribution in [1.82, 2.24) is 24.4 Å². The van der Waals surface area contributed by atoms with Crippen molar-refractivity contribution in [2.45, 2.75) is 63.5 Å². The monoisotopic (exact) mass is 591 g/mol. The number of alkyl halides is 2. The molecule has 1 saturated carbocycles. The van der Waals surface area contributed by atoms with E-state index in [1.807, 2.05) is 11.0 Å². The summed E-state index contributed by atoms with van der Waals surface area (Å²) < 4.78 is 41.4. The van der Waals surface area contributed by atoms with E-state index in [9.17, 15) is 8.78 Å². The van der Waals surface area contributed by atoms with Gasteiger partial charge in [0.1, 0.15) is 11.6 Å². The number of anilines is 2. The molecule has 4 heterocycles. The first-order valence-electron chi connectivity index (χ1n) is 14.7. The molecular weight excluding hydrogens is 552 g/mol. The number of aromatic nitrogens is 4. The number of imidazole rings is 1. The highest BCUT2D eigenvalue weighted by atomic mass is 35.5. The van der Waals surface area contributed by atoms with Crippen molar-refractivity contribution in [3.63, 3.8) is 0 Å². The molecule has 3 fully saturated rings. The number of hydrogen-bond donors (Lipinski definition) is 1. The summed E-state index contributed by atoms with van der Waals surface area (Å²) in [5, 5.41) is 3.59. The predicted molar refractivity (Wildman–Crippen MR) is 158 cm³/mol. The standard InChI is InChI=1S/C29H39F2N7O2.ClH/c30-27(31)28-33-23-6-1-2-7-24(23)38(28)26-20-25(34-29(35-26)37-15-18-39-19-16-37)32-21-8-10-22(11-9-21)40-17-5-14-36-12-3-4-13-36;/h1-2,6-7,20-22,27H,3-5,8-19H2,(H,32,34,35);1H. The minimum Gasteiger partial charge on any atom is -0.378 e. The fourth-order valence-electron chi connectivity index (χ4n) is 6.07. The number of halogens is 3. The number of benzene rings is 1. The molecule has 0 amide bonds. The molecule has 1 aliphatic carbocycles. The molecule has 12 heteroatoms. The lowest BCUT2D eigenvalue weighted by Crippen LogP contribution is -2.38. The maximum Gasteiger partial charge on any atom is 0.296 e. The molecule has 0 bridgehead atoms. The summed E-state index contributed by atoms with van der Waals surface area (Å²) in [5.41, 5.74) is 1.11. The smallest absolute Gasteiger partial charge is 0.296 e. The molecule has 1 N–H and O–H groups in total. The Bertz CT molecular complexity index is 1260. The van der Waals surface area contributed by atoms with Gasteiger partial charge in [-0.25, -0.2) is 13.8 Å². The van der Waals surface area contributed by atoms with Gasteiger partial charge in [-0.2, -0.15) is 9.97 Å². The van der Waals surface area contributed by atoms with Crippen LogP contribution in [0.4, 0.5) is 20.5 Å². The Morgan fingerprint density at radius 3 is 2.49 bits per heavy atom.